The standard InChI is InChI=1S/C20H23NO4/c1-4-13-25-18-11-10-16(15-19(18)23-3)20(22)21(2)12-14-24-17-8-6-5-7-9-17/h4-11,15H,1,12-14H2,2-3H3. The van der Waals surface area contributed by atoms with E-state index in [1.165, 1.54) is 0 Å². The number of ether oxygens (including phenoxy) is 3. The molecule has 1 amide bonds. The Labute approximate surface area is 148 Å². The summed E-state index contributed by atoms with van der Waals surface area (Å²) in [6.07, 6.45) is 1.65. The molecule has 25 heavy (non-hydrogen) atoms. The van der Waals surface area contributed by atoms with Crippen LogP contribution in [-0.4, -0.2) is 44.7 Å². The minimum Gasteiger partial charge on any atom is -0.493 e. The van der Waals surface area contributed by atoms with Gasteiger partial charge in [0.05, 0.1) is 13.7 Å². The topological polar surface area (TPSA) is 48.0 Å². The highest BCUT2D eigenvalue weighted by Gasteiger charge is 2.15. The van der Waals surface area contributed by atoms with Gasteiger partial charge in [-0.3, -0.25) is 4.79 Å². The number of carbonyl (C=O) groups is 1. The van der Waals surface area contributed by atoms with E-state index in [2.05, 4.69) is 6.58 Å². The molecule has 0 aromatic heterocycles. The quantitative estimate of drug-likeness (QED) is 0.656. The molecular weight excluding hydrogens is 318 g/mol. The van der Waals surface area contributed by atoms with Crippen LogP contribution in [-0.2, 0) is 0 Å². The Morgan fingerprint density at radius 1 is 1.12 bits per heavy atom. The minimum absolute atomic E-state index is 0.106. The molecule has 0 aliphatic heterocycles. The number of para-hydroxylation sites is 1. The highest BCUT2D eigenvalue weighted by molar-refractivity contribution is 5.94. The molecule has 0 saturated heterocycles. The monoisotopic (exact) mass is 341 g/mol. The van der Waals surface area contributed by atoms with Crippen molar-refractivity contribution in [2.45, 2.75) is 0 Å². The van der Waals surface area contributed by atoms with Crippen molar-refractivity contribution < 1.29 is 19.0 Å². The number of methoxy groups -OCH3 is 1. The number of hydrogen-bond donors (Lipinski definition) is 0. The fourth-order valence-corrected chi connectivity index (χ4v) is 2.21. The fourth-order valence-electron chi connectivity index (χ4n) is 2.21. The highest BCUT2D eigenvalue weighted by atomic mass is 16.5. The second-order valence-corrected chi connectivity index (χ2v) is 5.35. The third-order valence-electron chi connectivity index (χ3n) is 3.55. The zero-order chi connectivity index (χ0) is 18.1. The molecule has 2 aromatic carbocycles. The predicted octanol–water partition coefficient (Wildman–Crippen LogP) is 3.41. The normalized spacial score (nSPS) is 10.0. The van der Waals surface area contributed by atoms with E-state index in [0.717, 1.165) is 5.75 Å². The van der Waals surface area contributed by atoms with Crippen LogP contribution < -0.4 is 14.2 Å². The smallest absolute Gasteiger partial charge is 0.253 e. The van der Waals surface area contributed by atoms with E-state index in [4.69, 9.17) is 14.2 Å². The van der Waals surface area contributed by atoms with Gasteiger partial charge in [-0.1, -0.05) is 30.9 Å². The van der Waals surface area contributed by atoms with Crippen molar-refractivity contribution in [3.63, 3.8) is 0 Å². The lowest BCUT2D eigenvalue weighted by atomic mass is 10.1. The summed E-state index contributed by atoms with van der Waals surface area (Å²) in [5, 5.41) is 0. The Balaban J connectivity index is 1.95. The lowest BCUT2D eigenvalue weighted by molar-refractivity contribution is 0.0773. The number of carbonyl (C=O) groups excluding carboxylic acids is 1. The molecule has 0 aliphatic rings. The molecule has 0 bridgehead atoms. The van der Waals surface area contributed by atoms with Crippen LogP contribution in [0.5, 0.6) is 17.2 Å². The van der Waals surface area contributed by atoms with Gasteiger partial charge < -0.3 is 19.1 Å². The molecule has 5 heteroatoms. The average Bonchev–Trinajstić information content (AvgIpc) is 2.66. The highest BCUT2D eigenvalue weighted by Crippen LogP contribution is 2.28. The van der Waals surface area contributed by atoms with Gasteiger partial charge in [0.2, 0.25) is 0 Å². The number of nitrogens with zero attached hydrogens (tertiary/aromatic N) is 1. The van der Waals surface area contributed by atoms with E-state index in [1.807, 2.05) is 30.3 Å². The lowest BCUT2D eigenvalue weighted by Gasteiger charge is -2.18. The summed E-state index contributed by atoms with van der Waals surface area (Å²) in [6.45, 7) is 4.89. The molecule has 2 aromatic rings. The van der Waals surface area contributed by atoms with Crippen LogP contribution in [0.1, 0.15) is 10.4 Å². The number of amides is 1. The van der Waals surface area contributed by atoms with Gasteiger partial charge in [0.1, 0.15) is 19.0 Å². The second kappa shape index (κ2) is 9.37. The van der Waals surface area contributed by atoms with Crippen LogP contribution in [0.3, 0.4) is 0 Å². The zero-order valence-electron chi connectivity index (χ0n) is 14.6. The first kappa shape index (κ1) is 18.4. The van der Waals surface area contributed by atoms with Crippen molar-refractivity contribution in [2.75, 3.05) is 33.9 Å². The van der Waals surface area contributed by atoms with Crippen molar-refractivity contribution in [3.05, 3.63) is 66.7 Å². The van der Waals surface area contributed by atoms with Gasteiger partial charge >= 0.3 is 0 Å². The predicted molar refractivity (Wildman–Crippen MR) is 97.6 cm³/mol. The first-order chi connectivity index (χ1) is 12.2. The van der Waals surface area contributed by atoms with E-state index in [9.17, 15) is 4.79 Å². The van der Waals surface area contributed by atoms with E-state index in [0.29, 0.717) is 36.8 Å². The SMILES string of the molecule is C=CCOc1ccc(C(=O)N(C)CCOc2ccccc2)cc1OC. The summed E-state index contributed by atoms with van der Waals surface area (Å²) < 4.78 is 16.4. The Bertz CT molecular complexity index is 700. The van der Waals surface area contributed by atoms with Crippen molar-refractivity contribution in [3.8, 4) is 17.2 Å². The van der Waals surface area contributed by atoms with Crippen molar-refractivity contribution in [1.29, 1.82) is 0 Å². The van der Waals surface area contributed by atoms with Crippen LogP contribution in [0.2, 0.25) is 0 Å². The molecule has 0 heterocycles. The summed E-state index contributed by atoms with van der Waals surface area (Å²) in [7, 11) is 3.28. The minimum atomic E-state index is -0.106. The van der Waals surface area contributed by atoms with Gasteiger partial charge in [-0.05, 0) is 30.3 Å². The van der Waals surface area contributed by atoms with E-state index in [1.54, 1.807) is 43.3 Å². The number of hydrogen-bond acceptors (Lipinski definition) is 4. The van der Waals surface area contributed by atoms with Crippen LogP contribution in [0.4, 0.5) is 0 Å². The van der Waals surface area contributed by atoms with E-state index in [-0.39, 0.29) is 5.91 Å². The molecule has 0 atom stereocenters. The maximum atomic E-state index is 12.5. The van der Waals surface area contributed by atoms with Crippen molar-refractivity contribution in [2.24, 2.45) is 0 Å². The largest absolute Gasteiger partial charge is 0.493 e. The fraction of sp³-hybridized carbons (Fsp3) is 0.250. The van der Waals surface area contributed by atoms with E-state index < -0.39 is 0 Å². The van der Waals surface area contributed by atoms with Crippen LogP contribution >= 0.6 is 0 Å². The van der Waals surface area contributed by atoms with Gasteiger partial charge in [-0.15, -0.1) is 0 Å². The van der Waals surface area contributed by atoms with Gasteiger partial charge in [-0.2, -0.15) is 0 Å². The number of benzene rings is 2. The first-order valence-electron chi connectivity index (χ1n) is 8.00. The van der Waals surface area contributed by atoms with Gasteiger partial charge in [0.25, 0.3) is 5.91 Å². The molecule has 0 N–H and O–H groups in total. The second-order valence-electron chi connectivity index (χ2n) is 5.35. The zero-order valence-corrected chi connectivity index (χ0v) is 14.6. The summed E-state index contributed by atoms with van der Waals surface area (Å²) in [6, 6.07) is 14.6. The Morgan fingerprint density at radius 2 is 1.88 bits per heavy atom. The van der Waals surface area contributed by atoms with Gasteiger partial charge in [-0.25, -0.2) is 0 Å². The molecule has 2 rings (SSSR count). The number of rotatable bonds is 9. The molecule has 0 spiro atoms. The Hall–Kier alpha value is -2.95. The average molecular weight is 341 g/mol. The summed E-state index contributed by atoms with van der Waals surface area (Å²) >= 11 is 0. The molecule has 0 unspecified atom stereocenters. The van der Waals surface area contributed by atoms with Crippen LogP contribution in [0.15, 0.2) is 61.2 Å². The molecule has 5 nitrogen and oxygen atoms in total. The third kappa shape index (κ3) is 5.28. The van der Waals surface area contributed by atoms with Crippen LogP contribution in [0, 0.1) is 0 Å². The molecular formula is C20H23NO4. The summed E-state index contributed by atoms with van der Waals surface area (Å²) in [4.78, 5) is 14.2. The van der Waals surface area contributed by atoms with Crippen molar-refractivity contribution >= 4 is 5.91 Å². The Morgan fingerprint density at radius 3 is 2.56 bits per heavy atom. The summed E-state index contributed by atoms with van der Waals surface area (Å²) in [5.74, 6) is 1.77. The molecule has 0 saturated carbocycles. The molecule has 0 radical (unpaired) electrons. The third-order valence-corrected chi connectivity index (χ3v) is 3.55. The molecule has 132 valence electrons. The first-order valence-corrected chi connectivity index (χ1v) is 8.00. The number of likely N-dealkylation sites (N-methyl/N-ethyl adjacent to an activating group) is 1. The van der Waals surface area contributed by atoms with Gasteiger partial charge in [0.15, 0.2) is 11.5 Å². The Kier molecular flexibility index (Phi) is 6.89. The maximum Gasteiger partial charge on any atom is 0.253 e. The molecule has 0 aliphatic carbocycles. The van der Waals surface area contributed by atoms with Crippen LogP contribution in [0.25, 0.3) is 0 Å². The van der Waals surface area contributed by atoms with Gasteiger partial charge in [0, 0.05) is 12.6 Å². The maximum absolute atomic E-state index is 12.5. The van der Waals surface area contributed by atoms with Crippen molar-refractivity contribution in [1.82, 2.24) is 4.90 Å². The van der Waals surface area contributed by atoms with E-state index >= 15 is 0 Å². The lowest BCUT2D eigenvalue weighted by Crippen LogP contribution is -2.30. The summed E-state index contributed by atoms with van der Waals surface area (Å²) in [5.41, 5.74) is 0.532. The molecule has 0 fully saturated rings.